The molecule has 3 aliphatic heterocycles. The zero-order valence-corrected chi connectivity index (χ0v) is 17.6. The van der Waals surface area contributed by atoms with Crippen molar-refractivity contribution in [2.45, 2.75) is 25.6 Å². The molecule has 10 heteroatoms. The number of halogens is 1. The summed E-state index contributed by atoms with van der Waals surface area (Å²) >= 11 is 0. The number of aromatic amines is 1. The van der Waals surface area contributed by atoms with Crippen molar-refractivity contribution in [1.82, 2.24) is 29.8 Å². The lowest BCUT2D eigenvalue weighted by Crippen LogP contribution is -2.28. The van der Waals surface area contributed by atoms with E-state index in [0.717, 1.165) is 35.2 Å². The van der Waals surface area contributed by atoms with E-state index < -0.39 is 0 Å². The number of H-pyrrole nitrogens is 1. The highest BCUT2D eigenvalue weighted by atomic mass is 19.1. The molecule has 4 aromatic rings. The molecule has 32 heavy (non-hydrogen) atoms. The zero-order valence-electron chi connectivity index (χ0n) is 17.6. The molecule has 0 saturated carbocycles. The van der Waals surface area contributed by atoms with E-state index in [1.54, 1.807) is 25.5 Å². The Morgan fingerprint density at radius 3 is 2.81 bits per heavy atom. The number of nitrogens with one attached hydrogen (secondary N) is 2. The van der Waals surface area contributed by atoms with Crippen LogP contribution in [0.4, 0.5) is 15.9 Å². The molecular weight excluding hydrogens is 411 g/mol. The molecule has 162 valence electrons. The van der Waals surface area contributed by atoms with Crippen molar-refractivity contribution in [3.8, 4) is 11.8 Å². The molecule has 3 aromatic heterocycles. The van der Waals surface area contributed by atoms with Crippen LogP contribution < -0.4 is 15.0 Å². The Hall–Kier alpha value is -3.53. The van der Waals surface area contributed by atoms with E-state index in [9.17, 15) is 4.39 Å². The number of fused-ring (bicyclic) bond motifs is 4. The van der Waals surface area contributed by atoms with Gasteiger partial charge in [0.15, 0.2) is 5.75 Å². The zero-order chi connectivity index (χ0) is 21.6. The molecule has 7 rings (SSSR count). The Balaban J connectivity index is 1.43. The Kier molecular flexibility index (Phi) is 3.53. The minimum Gasteiger partial charge on any atom is -0.421 e. The molecule has 0 aliphatic carbocycles. The fourth-order valence-corrected chi connectivity index (χ4v) is 5.51. The Morgan fingerprint density at radius 1 is 1.22 bits per heavy atom. The van der Waals surface area contributed by atoms with Gasteiger partial charge in [0.1, 0.15) is 29.3 Å². The van der Waals surface area contributed by atoms with Crippen molar-refractivity contribution in [3.63, 3.8) is 0 Å². The van der Waals surface area contributed by atoms with Crippen molar-refractivity contribution in [3.05, 3.63) is 36.2 Å². The summed E-state index contributed by atoms with van der Waals surface area (Å²) in [7, 11) is 1.78. The van der Waals surface area contributed by atoms with Gasteiger partial charge in [-0.1, -0.05) is 0 Å². The molecule has 3 fully saturated rings. The van der Waals surface area contributed by atoms with Gasteiger partial charge in [0, 0.05) is 25.5 Å². The first-order chi connectivity index (χ1) is 15.6. The third-order valence-corrected chi connectivity index (χ3v) is 6.92. The Bertz CT molecular complexity index is 1390. The van der Waals surface area contributed by atoms with E-state index in [4.69, 9.17) is 9.72 Å². The van der Waals surface area contributed by atoms with E-state index in [1.807, 2.05) is 6.92 Å². The minimum atomic E-state index is -0.305. The first kappa shape index (κ1) is 18.1. The van der Waals surface area contributed by atoms with E-state index in [0.29, 0.717) is 41.0 Å². The molecule has 6 heterocycles. The smallest absolute Gasteiger partial charge is 0.326 e. The number of piperidine rings is 1. The first-order valence-corrected chi connectivity index (χ1v) is 10.8. The number of benzene rings is 1. The number of aryl methyl sites for hydroxylation is 1. The maximum absolute atomic E-state index is 14.5. The van der Waals surface area contributed by atoms with Crippen LogP contribution in [0.1, 0.15) is 12.2 Å². The quantitative estimate of drug-likeness (QED) is 0.475. The SMILES string of the molecule is CNc1cc(F)cc2c1[nH]c1nc(Oc3cnc(C)nc3)nc(N3C[C@H]4CCN5C3[C@@H]45)c12. The predicted molar refractivity (Wildman–Crippen MR) is 117 cm³/mol. The van der Waals surface area contributed by atoms with Gasteiger partial charge in [0.05, 0.1) is 35.0 Å². The highest BCUT2D eigenvalue weighted by molar-refractivity contribution is 6.14. The summed E-state index contributed by atoms with van der Waals surface area (Å²) < 4.78 is 20.4. The summed E-state index contributed by atoms with van der Waals surface area (Å²) in [5.74, 6) is 2.25. The highest BCUT2D eigenvalue weighted by Gasteiger charge is 2.64. The van der Waals surface area contributed by atoms with Crippen LogP contribution in [0.15, 0.2) is 24.5 Å². The second-order valence-corrected chi connectivity index (χ2v) is 8.72. The number of hydrogen-bond donors (Lipinski definition) is 2. The molecule has 3 aliphatic rings. The third-order valence-electron chi connectivity index (χ3n) is 6.92. The topological polar surface area (TPSA) is 94.9 Å². The molecule has 9 nitrogen and oxygen atoms in total. The van der Waals surface area contributed by atoms with Crippen LogP contribution in [0.5, 0.6) is 11.8 Å². The molecule has 0 spiro atoms. The molecule has 0 radical (unpaired) electrons. The summed E-state index contributed by atoms with van der Waals surface area (Å²) in [6.45, 7) is 3.88. The average molecular weight is 432 g/mol. The fourth-order valence-electron chi connectivity index (χ4n) is 5.51. The van der Waals surface area contributed by atoms with Gasteiger partial charge in [0.2, 0.25) is 0 Å². The second-order valence-electron chi connectivity index (χ2n) is 8.72. The van der Waals surface area contributed by atoms with Gasteiger partial charge in [-0.3, -0.25) is 4.90 Å². The van der Waals surface area contributed by atoms with Gasteiger partial charge < -0.3 is 19.9 Å². The third kappa shape index (κ3) is 2.46. The van der Waals surface area contributed by atoms with E-state index in [1.165, 1.54) is 12.5 Å². The van der Waals surface area contributed by atoms with Crippen molar-refractivity contribution < 1.29 is 9.13 Å². The van der Waals surface area contributed by atoms with E-state index in [-0.39, 0.29) is 11.8 Å². The Morgan fingerprint density at radius 2 is 2.06 bits per heavy atom. The van der Waals surface area contributed by atoms with Gasteiger partial charge in [0.25, 0.3) is 0 Å². The van der Waals surface area contributed by atoms with Crippen molar-refractivity contribution in [2.75, 3.05) is 30.4 Å². The summed E-state index contributed by atoms with van der Waals surface area (Å²) in [5, 5.41) is 4.65. The number of anilines is 2. The van der Waals surface area contributed by atoms with Crippen LogP contribution in [0.2, 0.25) is 0 Å². The summed E-state index contributed by atoms with van der Waals surface area (Å²) in [4.78, 5) is 26.0. The number of aromatic nitrogens is 5. The molecule has 2 N–H and O–H groups in total. The standard InChI is InChI=1S/C22H21FN8O/c1-10-25-7-13(8-26-10)32-22-28-19-16(14-5-12(23)6-15(24-2)17(14)27-19)20(29-22)31-9-11-3-4-30-18(11)21(30)31/h5-8,11,18,21,24H,3-4,9H2,1-2H3,(H,27,28,29)/t11-,18-,21?,30?/m1/s1. The van der Waals surface area contributed by atoms with Gasteiger partial charge in [-0.15, -0.1) is 0 Å². The van der Waals surface area contributed by atoms with Crippen LogP contribution in [0.3, 0.4) is 0 Å². The number of hydrogen-bond acceptors (Lipinski definition) is 8. The van der Waals surface area contributed by atoms with Crippen LogP contribution in [-0.4, -0.2) is 62.2 Å². The molecule has 4 atom stereocenters. The molecular formula is C22H21FN8O. The first-order valence-electron chi connectivity index (χ1n) is 10.8. The lowest BCUT2D eigenvalue weighted by Gasteiger charge is -2.22. The monoisotopic (exact) mass is 432 g/mol. The maximum atomic E-state index is 14.5. The molecule has 3 saturated heterocycles. The van der Waals surface area contributed by atoms with Crippen LogP contribution >= 0.6 is 0 Å². The molecule has 2 unspecified atom stereocenters. The summed E-state index contributed by atoms with van der Waals surface area (Å²) in [6, 6.07) is 3.84. The number of ether oxygens (including phenoxy) is 1. The van der Waals surface area contributed by atoms with Crippen molar-refractivity contribution in [2.24, 2.45) is 5.92 Å². The molecule has 1 aromatic carbocycles. The van der Waals surface area contributed by atoms with Crippen LogP contribution in [0, 0.1) is 18.7 Å². The van der Waals surface area contributed by atoms with E-state index >= 15 is 0 Å². The maximum Gasteiger partial charge on any atom is 0.326 e. The fraction of sp³-hybridized carbons (Fsp3) is 0.364. The molecule has 0 bridgehead atoms. The lowest BCUT2D eigenvalue weighted by molar-refractivity contribution is 0.438. The number of nitrogens with zero attached hydrogens (tertiary/aromatic N) is 6. The van der Waals surface area contributed by atoms with Gasteiger partial charge in [-0.2, -0.15) is 9.97 Å². The van der Waals surface area contributed by atoms with Gasteiger partial charge >= 0.3 is 6.01 Å². The largest absolute Gasteiger partial charge is 0.421 e. The Labute approximate surface area is 182 Å². The lowest BCUT2D eigenvalue weighted by atomic mass is 10.1. The van der Waals surface area contributed by atoms with Crippen molar-refractivity contribution in [1.29, 1.82) is 0 Å². The average Bonchev–Trinajstić information content (AvgIpc) is 3.03. The van der Waals surface area contributed by atoms with Gasteiger partial charge in [-0.25, -0.2) is 14.4 Å². The summed E-state index contributed by atoms with van der Waals surface area (Å²) in [5.41, 5.74) is 2.08. The van der Waals surface area contributed by atoms with E-state index in [2.05, 4.69) is 35.1 Å². The van der Waals surface area contributed by atoms with Gasteiger partial charge in [-0.05, 0) is 31.4 Å². The predicted octanol–water partition coefficient (Wildman–Crippen LogP) is 3.03. The van der Waals surface area contributed by atoms with Crippen LogP contribution in [0.25, 0.3) is 21.9 Å². The second kappa shape index (κ2) is 6.26. The normalized spacial score (nSPS) is 25.5. The number of rotatable bonds is 4. The van der Waals surface area contributed by atoms with Crippen LogP contribution in [-0.2, 0) is 0 Å². The summed E-state index contributed by atoms with van der Waals surface area (Å²) in [6.07, 6.45) is 4.77. The highest BCUT2D eigenvalue weighted by Crippen LogP contribution is 2.53. The van der Waals surface area contributed by atoms with Crippen molar-refractivity contribution >= 4 is 33.4 Å². The molecule has 0 amide bonds. The minimum absolute atomic E-state index is 0.212.